The van der Waals surface area contributed by atoms with Crippen molar-refractivity contribution in [3.63, 3.8) is 0 Å². The quantitative estimate of drug-likeness (QED) is 0.897. The third-order valence-corrected chi connectivity index (χ3v) is 5.36. The molecule has 1 aromatic carbocycles. The fraction of sp³-hybridized carbons (Fsp3) is 0.632. The van der Waals surface area contributed by atoms with Gasteiger partial charge in [-0.25, -0.2) is 0 Å². The second-order valence-electron chi connectivity index (χ2n) is 7.15. The third-order valence-electron chi connectivity index (χ3n) is 5.36. The molecule has 1 heterocycles. The highest BCUT2D eigenvalue weighted by atomic mass is 16.2. The molecule has 3 rings (SSSR count). The summed E-state index contributed by atoms with van der Waals surface area (Å²) >= 11 is 0. The van der Waals surface area contributed by atoms with Crippen LogP contribution in [0.25, 0.3) is 0 Å². The molecular formula is C19H28N2O. The molecule has 1 aliphatic carbocycles. The zero-order valence-corrected chi connectivity index (χ0v) is 13.8. The number of fused-ring (bicyclic) bond motifs is 1. The monoisotopic (exact) mass is 300 g/mol. The molecule has 3 nitrogen and oxygen atoms in total. The van der Waals surface area contributed by atoms with Crippen LogP contribution in [0.1, 0.15) is 50.2 Å². The molecule has 0 aromatic heterocycles. The minimum atomic E-state index is 0.0208. The zero-order valence-electron chi connectivity index (χ0n) is 13.8. The molecule has 2 aliphatic rings. The van der Waals surface area contributed by atoms with Gasteiger partial charge < -0.3 is 10.6 Å². The Morgan fingerprint density at radius 1 is 1.32 bits per heavy atom. The van der Waals surface area contributed by atoms with Crippen LogP contribution in [0.2, 0.25) is 0 Å². The normalized spacial score (nSPS) is 28.9. The summed E-state index contributed by atoms with van der Waals surface area (Å²) in [6.07, 6.45) is 7.10. The number of rotatable bonds is 4. The molecule has 0 bridgehead atoms. The molecule has 2 fully saturated rings. The standard InChI is InChI=1S/C19H28N2O/c1-13-7-3-4-8-15(13)11-14(2)20-19(22)18-12-16-9-5-6-10-17(16)21-18/h3-4,7-8,14,16-18,21H,5-6,9-12H2,1-2H3,(H,20,22). The molecule has 22 heavy (non-hydrogen) atoms. The highest BCUT2D eigenvalue weighted by Gasteiger charge is 2.38. The molecule has 120 valence electrons. The number of hydrogen-bond acceptors (Lipinski definition) is 2. The number of nitrogens with one attached hydrogen (secondary N) is 2. The van der Waals surface area contributed by atoms with Crippen molar-refractivity contribution in [2.24, 2.45) is 5.92 Å². The molecule has 0 radical (unpaired) electrons. The van der Waals surface area contributed by atoms with Crippen molar-refractivity contribution in [2.45, 2.75) is 70.5 Å². The van der Waals surface area contributed by atoms with Crippen LogP contribution in [0.5, 0.6) is 0 Å². The minimum absolute atomic E-state index is 0.0208. The highest BCUT2D eigenvalue weighted by molar-refractivity contribution is 5.82. The lowest BCUT2D eigenvalue weighted by molar-refractivity contribution is -0.123. The van der Waals surface area contributed by atoms with Gasteiger partial charge in [-0.2, -0.15) is 0 Å². The van der Waals surface area contributed by atoms with Crippen molar-refractivity contribution in [2.75, 3.05) is 0 Å². The maximum Gasteiger partial charge on any atom is 0.237 e. The first-order valence-corrected chi connectivity index (χ1v) is 8.74. The van der Waals surface area contributed by atoms with E-state index in [9.17, 15) is 4.79 Å². The number of aryl methyl sites for hydroxylation is 1. The summed E-state index contributed by atoms with van der Waals surface area (Å²) in [7, 11) is 0. The van der Waals surface area contributed by atoms with Crippen LogP contribution in [-0.4, -0.2) is 24.0 Å². The number of carbonyl (C=O) groups excluding carboxylic acids is 1. The van der Waals surface area contributed by atoms with E-state index >= 15 is 0 Å². The van der Waals surface area contributed by atoms with Crippen LogP contribution >= 0.6 is 0 Å². The maximum atomic E-state index is 12.5. The Morgan fingerprint density at radius 3 is 2.86 bits per heavy atom. The third kappa shape index (κ3) is 3.52. The Balaban J connectivity index is 1.52. The summed E-state index contributed by atoms with van der Waals surface area (Å²) in [5.41, 5.74) is 2.62. The Labute approximate surface area is 133 Å². The number of benzene rings is 1. The van der Waals surface area contributed by atoms with E-state index in [1.807, 2.05) is 0 Å². The zero-order chi connectivity index (χ0) is 15.5. The summed E-state index contributed by atoms with van der Waals surface area (Å²) < 4.78 is 0. The van der Waals surface area contributed by atoms with Crippen LogP contribution in [0, 0.1) is 12.8 Å². The van der Waals surface area contributed by atoms with Gasteiger partial charge >= 0.3 is 0 Å². The lowest BCUT2D eigenvalue weighted by atomic mass is 9.85. The molecule has 1 saturated carbocycles. The van der Waals surface area contributed by atoms with E-state index in [2.05, 4.69) is 48.7 Å². The van der Waals surface area contributed by atoms with Crippen molar-refractivity contribution >= 4 is 5.91 Å². The molecule has 4 unspecified atom stereocenters. The van der Waals surface area contributed by atoms with Gasteiger partial charge in [0.25, 0.3) is 0 Å². The van der Waals surface area contributed by atoms with E-state index in [1.54, 1.807) is 0 Å². The molecule has 1 amide bonds. The van der Waals surface area contributed by atoms with E-state index in [-0.39, 0.29) is 18.0 Å². The van der Waals surface area contributed by atoms with Gasteiger partial charge in [0.15, 0.2) is 0 Å². The van der Waals surface area contributed by atoms with Crippen molar-refractivity contribution in [1.29, 1.82) is 0 Å². The topological polar surface area (TPSA) is 41.1 Å². The summed E-state index contributed by atoms with van der Waals surface area (Å²) in [6, 6.07) is 9.20. The Kier molecular flexibility index (Phi) is 4.82. The number of carbonyl (C=O) groups is 1. The molecule has 3 heteroatoms. The Bertz CT molecular complexity index is 514. The van der Waals surface area contributed by atoms with Gasteiger partial charge in [0.2, 0.25) is 5.91 Å². The van der Waals surface area contributed by atoms with Crippen LogP contribution in [0.4, 0.5) is 0 Å². The first-order chi connectivity index (χ1) is 10.6. The fourth-order valence-electron chi connectivity index (χ4n) is 4.08. The van der Waals surface area contributed by atoms with Gasteiger partial charge in [-0.1, -0.05) is 37.1 Å². The lowest BCUT2D eigenvalue weighted by Gasteiger charge is -2.24. The van der Waals surface area contributed by atoms with Crippen LogP contribution in [-0.2, 0) is 11.2 Å². The van der Waals surface area contributed by atoms with Crippen LogP contribution < -0.4 is 10.6 Å². The summed E-state index contributed by atoms with van der Waals surface area (Å²) in [5, 5.41) is 6.77. The predicted molar refractivity (Wildman–Crippen MR) is 89.8 cm³/mol. The molecule has 1 aromatic rings. The highest BCUT2D eigenvalue weighted by Crippen LogP contribution is 2.33. The van der Waals surface area contributed by atoms with Crippen LogP contribution in [0.3, 0.4) is 0 Å². The molecular weight excluding hydrogens is 272 g/mol. The van der Waals surface area contributed by atoms with E-state index in [0.717, 1.165) is 18.8 Å². The average molecular weight is 300 g/mol. The summed E-state index contributed by atoms with van der Waals surface area (Å²) in [4.78, 5) is 12.5. The second-order valence-corrected chi connectivity index (χ2v) is 7.15. The van der Waals surface area contributed by atoms with E-state index < -0.39 is 0 Å². The van der Waals surface area contributed by atoms with Gasteiger partial charge in [0.1, 0.15) is 0 Å². The van der Waals surface area contributed by atoms with E-state index in [1.165, 1.54) is 36.8 Å². The fourth-order valence-corrected chi connectivity index (χ4v) is 4.08. The predicted octanol–water partition coefficient (Wildman–Crippen LogP) is 2.96. The Morgan fingerprint density at radius 2 is 2.09 bits per heavy atom. The molecule has 1 saturated heterocycles. The molecule has 2 N–H and O–H groups in total. The Hall–Kier alpha value is -1.35. The number of hydrogen-bond donors (Lipinski definition) is 2. The van der Waals surface area contributed by atoms with Gasteiger partial charge in [0, 0.05) is 12.1 Å². The van der Waals surface area contributed by atoms with Gasteiger partial charge in [-0.05, 0) is 56.6 Å². The largest absolute Gasteiger partial charge is 0.352 e. The molecule has 1 aliphatic heterocycles. The SMILES string of the molecule is Cc1ccccc1CC(C)NC(=O)C1CC2CCCCC2N1. The van der Waals surface area contributed by atoms with Crippen LogP contribution in [0.15, 0.2) is 24.3 Å². The van der Waals surface area contributed by atoms with Crippen molar-refractivity contribution in [1.82, 2.24) is 10.6 Å². The van der Waals surface area contributed by atoms with Gasteiger partial charge in [-0.15, -0.1) is 0 Å². The van der Waals surface area contributed by atoms with E-state index in [4.69, 9.17) is 0 Å². The summed E-state index contributed by atoms with van der Waals surface area (Å²) in [5.74, 6) is 0.909. The second kappa shape index (κ2) is 6.82. The summed E-state index contributed by atoms with van der Waals surface area (Å²) in [6.45, 7) is 4.24. The van der Waals surface area contributed by atoms with Crippen molar-refractivity contribution in [3.8, 4) is 0 Å². The maximum absolute atomic E-state index is 12.5. The first-order valence-electron chi connectivity index (χ1n) is 8.74. The smallest absolute Gasteiger partial charge is 0.237 e. The molecule has 4 atom stereocenters. The average Bonchev–Trinajstić information content (AvgIpc) is 2.93. The first kappa shape index (κ1) is 15.5. The lowest BCUT2D eigenvalue weighted by Crippen LogP contribution is -2.46. The van der Waals surface area contributed by atoms with Gasteiger partial charge in [-0.3, -0.25) is 4.79 Å². The minimum Gasteiger partial charge on any atom is -0.352 e. The van der Waals surface area contributed by atoms with E-state index in [0.29, 0.717) is 6.04 Å². The van der Waals surface area contributed by atoms with Crippen molar-refractivity contribution < 1.29 is 4.79 Å². The van der Waals surface area contributed by atoms with Gasteiger partial charge in [0.05, 0.1) is 6.04 Å². The molecule has 0 spiro atoms. The number of amides is 1. The van der Waals surface area contributed by atoms with Crippen molar-refractivity contribution in [3.05, 3.63) is 35.4 Å².